The van der Waals surface area contributed by atoms with Crippen LogP contribution in [0.2, 0.25) is 5.15 Å². The van der Waals surface area contributed by atoms with Crippen molar-refractivity contribution in [3.05, 3.63) is 23.2 Å². The van der Waals surface area contributed by atoms with Gasteiger partial charge in [-0.3, -0.25) is 9.59 Å². The minimum absolute atomic E-state index is 0.129. The lowest BCUT2D eigenvalue weighted by Crippen LogP contribution is -2.46. The maximum Gasteiger partial charge on any atom is 0.306 e. The molecule has 1 fully saturated rings. The number of nitrogens with zero attached hydrogens (tertiary/aromatic N) is 3. The van der Waals surface area contributed by atoms with E-state index in [1.807, 2.05) is 0 Å². The molecule has 1 aromatic heterocycles. The van der Waals surface area contributed by atoms with E-state index in [1.165, 1.54) is 17.3 Å². The van der Waals surface area contributed by atoms with Crippen LogP contribution in [-0.2, 0) is 9.53 Å². The summed E-state index contributed by atoms with van der Waals surface area (Å²) in [7, 11) is 0. The lowest BCUT2D eigenvalue weighted by atomic mass is 10.2. The fraction of sp³-hybridized carbons (Fsp3) is 0.455. The predicted octanol–water partition coefficient (Wildman–Crippen LogP) is 0.446. The normalized spacial score (nSPS) is 19.2. The van der Waals surface area contributed by atoms with Crippen molar-refractivity contribution in [1.82, 2.24) is 14.9 Å². The van der Waals surface area contributed by atoms with Gasteiger partial charge in [0.15, 0.2) is 0 Å². The summed E-state index contributed by atoms with van der Waals surface area (Å²) in [6, 6.07) is 0. The number of hydrogen-bond acceptors (Lipinski definition) is 5. The standard InChI is InChI=1S/C11H12ClN3O4/c12-9-5-13-8(4-14-9)11(18)15-1-2-19-7(6-15)3-10(16)17/h4-5,7H,1-3,6H2,(H,16,17). The Hall–Kier alpha value is -1.73. The molecule has 1 aliphatic heterocycles. The molecule has 0 radical (unpaired) electrons. The van der Waals surface area contributed by atoms with Gasteiger partial charge in [-0.2, -0.15) is 0 Å². The second-order valence-corrected chi connectivity index (χ2v) is 4.45. The Morgan fingerprint density at radius 3 is 2.89 bits per heavy atom. The van der Waals surface area contributed by atoms with Crippen molar-refractivity contribution >= 4 is 23.5 Å². The Morgan fingerprint density at radius 2 is 2.26 bits per heavy atom. The number of carboxylic acid groups (broad SMARTS) is 1. The summed E-state index contributed by atoms with van der Waals surface area (Å²) in [6.07, 6.45) is 1.97. The smallest absolute Gasteiger partial charge is 0.306 e. The Bertz CT molecular complexity index is 479. The van der Waals surface area contributed by atoms with Crippen molar-refractivity contribution in [3.8, 4) is 0 Å². The Kier molecular flexibility index (Phi) is 4.28. The number of hydrogen-bond donors (Lipinski definition) is 1. The van der Waals surface area contributed by atoms with Crippen LogP contribution in [0.15, 0.2) is 12.4 Å². The number of aliphatic carboxylic acids is 1. The maximum absolute atomic E-state index is 12.1. The third-order valence-electron chi connectivity index (χ3n) is 2.67. The summed E-state index contributed by atoms with van der Waals surface area (Å²) in [5.41, 5.74) is 0.181. The number of amides is 1. The highest BCUT2D eigenvalue weighted by molar-refractivity contribution is 6.29. The van der Waals surface area contributed by atoms with Crippen molar-refractivity contribution in [1.29, 1.82) is 0 Å². The van der Waals surface area contributed by atoms with Crippen molar-refractivity contribution in [3.63, 3.8) is 0 Å². The van der Waals surface area contributed by atoms with E-state index < -0.39 is 12.1 Å². The summed E-state index contributed by atoms with van der Waals surface area (Å²) >= 11 is 5.60. The van der Waals surface area contributed by atoms with Gasteiger partial charge in [-0.05, 0) is 0 Å². The molecule has 7 nitrogen and oxygen atoms in total. The van der Waals surface area contributed by atoms with Gasteiger partial charge in [0, 0.05) is 13.1 Å². The largest absolute Gasteiger partial charge is 0.481 e. The van der Waals surface area contributed by atoms with Gasteiger partial charge < -0.3 is 14.7 Å². The van der Waals surface area contributed by atoms with E-state index in [4.69, 9.17) is 21.4 Å². The summed E-state index contributed by atoms with van der Waals surface area (Å²) in [5.74, 6) is -1.26. The number of halogens is 1. The van der Waals surface area contributed by atoms with E-state index in [-0.39, 0.29) is 29.7 Å². The molecule has 0 saturated carbocycles. The van der Waals surface area contributed by atoms with E-state index >= 15 is 0 Å². The zero-order valence-electron chi connectivity index (χ0n) is 9.95. The van der Waals surface area contributed by atoms with Crippen molar-refractivity contribution < 1.29 is 19.4 Å². The van der Waals surface area contributed by atoms with Crippen LogP contribution in [0.25, 0.3) is 0 Å². The average molecular weight is 286 g/mol. The van der Waals surface area contributed by atoms with Crippen LogP contribution in [0, 0.1) is 0 Å². The predicted molar refractivity (Wildman–Crippen MR) is 64.9 cm³/mol. The molecule has 0 aromatic carbocycles. The third-order valence-corrected chi connectivity index (χ3v) is 2.86. The lowest BCUT2D eigenvalue weighted by molar-refractivity contribution is -0.141. The number of rotatable bonds is 3. The van der Waals surface area contributed by atoms with E-state index in [1.54, 1.807) is 0 Å². The maximum atomic E-state index is 12.1. The molecule has 1 aliphatic rings. The molecule has 19 heavy (non-hydrogen) atoms. The number of carbonyl (C=O) groups is 2. The molecular formula is C11H12ClN3O4. The van der Waals surface area contributed by atoms with Crippen LogP contribution >= 0.6 is 11.6 Å². The molecule has 0 aliphatic carbocycles. The summed E-state index contributed by atoms with van der Waals surface area (Å²) < 4.78 is 5.29. The Morgan fingerprint density at radius 1 is 1.47 bits per heavy atom. The number of carboxylic acids is 1. The molecule has 1 N–H and O–H groups in total. The van der Waals surface area contributed by atoms with Crippen LogP contribution in [0.4, 0.5) is 0 Å². The first-order chi connectivity index (χ1) is 9.06. The SMILES string of the molecule is O=C(O)CC1CN(C(=O)c2cnc(Cl)cn2)CCO1. The molecular weight excluding hydrogens is 274 g/mol. The van der Waals surface area contributed by atoms with E-state index in [0.717, 1.165) is 0 Å². The molecule has 1 aromatic rings. The van der Waals surface area contributed by atoms with Crippen molar-refractivity contribution in [2.75, 3.05) is 19.7 Å². The molecule has 0 bridgehead atoms. The second-order valence-electron chi connectivity index (χ2n) is 4.07. The highest BCUT2D eigenvalue weighted by Gasteiger charge is 2.27. The second kappa shape index (κ2) is 5.94. The molecule has 2 rings (SSSR count). The number of carbonyl (C=O) groups excluding carboxylic acids is 1. The van der Waals surface area contributed by atoms with Gasteiger partial charge in [0.2, 0.25) is 0 Å². The van der Waals surface area contributed by atoms with Gasteiger partial charge in [0.1, 0.15) is 10.8 Å². The summed E-state index contributed by atoms with van der Waals surface area (Å²) in [4.78, 5) is 31.9. The zero-order chi connectivity index (χ0) is 13.8. The lowest BCUT2D eigenvalue weighted by Gasteiger charge is -2.32. The van der Waals surface area contributed by atoms with Crippen LogP contribution in [0.1, 0.15) is 16.9 Å². The Balaban J connectivity index is 2.02. The van der Waals surface area contributed by atoms with Gasteiger partial charge in [0.25, 0.3) is 5.91 Å². The Labute approximate surface area is 114 Å². The van der Waals surface area contributed by atoms with E-state index in [9.17, 15) is 9.59 Å². The van der Waals surface area contributed by atoms with Gasteiger partial charge in [0.05, 0.1) is 31.5 Å². The van der Waals surface area contributed by atoms with Crippen molar-refractivity contribution in [2.45, 2.75) is 12.5 Å². The van der Waals surface area contributed by atoms with Gasteiger partial charge in [-0.15, -0.1) is 0 Å². The highest BCUT2D eigenvalue weighted by Crippen LogP contribution is 2.12. The molecule has 0 spiro atoms. The van der Waals surface area contributed by atoms with Gasteiger partial charge in [-0.1, -0.05) is 11.6 Å². The first-order valence-corrected chi connectivity index (χ1v) is 6.04. The molecule has 2 heterocycles. The molecule has 8 heteroatoms. The molecule has 1 amide bonds. The average Bonchev–Trinajstić information content (AvgIpc) is 2.38. The highest BCUT2D eigenvalue weighted by atomic mass is 35.5. The van der Waals surface area contributed by atoms with Crippen LogP contribution < -0.4 is 0 Å². The zero-order valence-corrected chi connectivity index (χ0v) is 10.7. The fourth-order valence-corrected chi connectivity index (χ4v) is 1.90. The molecule has 1 saturated heterocycles. The minimum Gasteiger partial charge on any atom is -0.481 e. The van der Waals surface area contributed by atoms with Gasteiger partial charge >= 0.3 is 5.97 Å². The topological polar surface area (TPSA) is 92.6 Å². The quantitative estimate of drug-likeness (QED) is 0.866. The third kappa shape index (κ3) is 3.62. The summed E-state index contributed by atoms with van der Waals surface area (Å²) in [5, 5.41) is 8.93. The molecule has 102 valence electrons. The fourth-order valence-electron chi connectivity index (χ4n) is 1.81. The van der Waals surface area contributed by atoms with Crippen LogP contribution in [0.3, 0.4) is 0 Å². The van der Waals surface area contributed by atoms with Crippen molar-refractivity contribution in [2.24, 2.45) is 0 Å². The van der Waals surface area contributed by atoms with Crippen LogP contribution in [0.5, 0.6) is 0 Å². The number of morpholine rings is 1. The first-order valence-electron chi connectivity index (χ1n) is 5.66. The van der Waals surface area contributed by atoms with Gasteiger partial charge in [-0.25, -0.2) is 9.97 Å². The summed E-state index contributed by atoms with van der Waals surface area (Å²) in [6.45, 7) is 0.944. The molecule has 1 atom stereocenters. The first kappa shape index (κ1) is 13.7. The molecule has 1 unspecified atom stereocenters. The number of aromatic nitrogens is 2. The van der Waals surface area contributed by atoms with E-state index in [0.29, 0.717) is 13.2 Å². The minimum atomic E-state index is -0.953. The monoisotopic (exact) mass is 285 g/mol. The van der Waals surface area contributed by atoms with Crippen LogP contribution in [-0.4, -0.2) is 57.7 Å². The van der Waals surface area contributed by atoms with E-state index in [2.05, 4.69) is 9.97 Å². The number of ether oxygens (including phenoxy) is 1.